The van der Waals surface area contributed by atoms with Crippen LogP contribution in [0.3, 0.4) is 0 Å². The van der Waals surface area contributed by atoms with Crippen LogP contribution in [0.4, 0.5) is 5.82 Å². The second-order valence-corrected chi connectivity index (χ2v) is 9.34. The van der Waals surface area contributed by atoms with Crippen LogP contribution in [0.15, 0.2) is 17.2 Å². The normalized spacial score (nSPS) is 16.5. The summed E-state index contributed by atoms with van der Waals surface area (Å²) in [6.45, 7) is 8.39. The fraction of sp³-hybridized carbons (Fsp3) is 0.611. The monoisotopic (exact) mass is 453 g/mol. The summed E-state index contributed by atoms with van der Waals surface area (Å²) in [5, 5.41) is 19.2. The fourth-order valence-corrected chi connectivity index (χ4v) is 5.33. The van der Waals surface area contributed by atoms with Crippen molar-refractivity contribution in [1.82, 2.24) is 28.8 Å². The molecule has 0 bridgehead atoms. The highest BCUT2D eigenvalue weighted by Crippen LogP contribution is 2.24. The van der Waals surface area contributed by atoms with Crippen LogP contribution in [-0.2, 0) is 21.4 Å². The summed E-state index contributed by atoms with van der Waals surface area (Å²) in [7, 11) is -3.70. The summed E-state index contributed by atoms with van der Waals surface area (Å²) in [6.07, 6.45) is 1.94. The maximum absolute atomic E-state index is 13.1. The topological polar surface area (TPSA) is 136 Å². The lowest BCUT2D eigenvalue weighted by molar-refractivity contribution is -0.389. The zero-order chi connectivity index (χ0) is 22.9. The Morgan fingerprint density at radius 2 is 1.84 bits per heavy atom. The van der Waals surface area contributed by atoms with Gasteiger partial charge < -0.3 is 15.0 Å². The molecule has 1 unspecified atom stereocenters. The van der Waals surface area contributed by atoms with Gasteiger partial charge in [-0.25, -0.2) is 8.42 Å². The van der Waals surface area contributed by atoms with Crippen LogP contribution in [0.2, 0.25) is 0 Å². The van der Waals surface area contributed by atoms with Gasteiger partial charge >= 0.3 is 5.82 Å². The van der Waals surface area contributed by atoms with Crippen molar-refractivity contribution in [2.75, 3.05) is 26.2 Å². The summed E-state index contributed by atoms with van der Waals surface area (Å²) in [5.74, 6) is -0.529. The lowest BCUT2D eigenvalue weighted by Gasteiger charge is -2.35. The third-order valence-electron chi connectivity index (χ3n) is 5.46. The molecule has 1 aliphatic rings. The highest BCUT2D eigenvalue weighted by molar-refractivity contribution is 7.89. The molecule has 31 heavy (non-hydrogen) atoms. The number of rotatable bonds is 7. The molecule has 1 atom stereocenters. The molecule has 0 radical (unpaired) electrons. The SMILES string of the molecule is CCC(C(=O)N1CCN(S(=O)(=O)c2cn(CC)nc2C)CC1)n1nc([N+](=O)[O-])cc1C. The van der Waals surface area contributed by atoms with E-state index < -0.39 is 21.0 Å². The molecule has 170 valence electrons. The average molecular weight is 454 g/mol. The molecular weight excluding hydrogens is 426 g/mol. The molecule has 1 amide bonds. The third kappa shape index (κ3) is 4.32. The summed E-state index contributed by atoms with van der Waals surface area (Å²) in [4.78, 5) is 25.3. The van der Waals surface area contributed by atoms with Gasteiger partial charge in [0.25, 0.3) is 0 Å². The second-order valence-electron chi connectivity index (χ2n) is 7.43. The molecule has 2 aromatic heterocycles. The second kappa shape index (κ2) is 8.75. The molecule has 0 aromatic carbocycles. The van der Waals surface area contributed by atoms with Crippen LogP contribution in [-0.4, -0.2) is 74.2 Å². The van der Waals surface area contributed by atoms with Gasteiger partial charge in [0, 0.05) is 38.9 Å². The first-order valence-electron chi connectivity index (χ1n) is 10.1. The third-order valence-corrected chi connectivity index (χ3v) is 7.46. The number of nitrogens with zero attached hydrogens (tertiary/aromatic N) is 7. The van der Waals surface area contributed by atoms with E-state index in [9.17, 15) is 23.3 Å². The quantitative estimate of drug-likeness (QED) is 0.452. The number of nitro groups is 1. The van der Waals surface area contributed by atoms with E-state index in [4.69, 9.17) is 0 Å². The zero-order valence-corrected chi connectivity index (χ0v) is 18.9. The minimum Gasteiger partial charge on any atom is -0.358 e. The van der Waals surface area contributed by atoms with Crippen LogP contribution in [0.25, 0.3) is 0 Å². The van der Waals surface area contributed by atoms with Crippen molar-refractivity contribution in [3.8, 4) is 0 Å². The van der Waals surface area contributed by atoms with Crippen LogP contribution < -0.4 is 0 Å². The number of aryl methyl sites for hydroxylation is 3. The molecule has 0 saturated carbocycles. The highest BCUT2D eigenvalue weighted by atomic mass is 32.2. The van der Waals surface area contributed by atoms with Crippen LogP contribution in [0, 0.1) is 24.0 Å². The lowest BCUT2D eigenvalue weighted by Crippen LogP contribution is -2.52. The first-order chi connectivity index (χ1) is 14.6. The van der Waals surface area contributed by atoms with E-state index in [0.29, 0.717) is 24.4 Å². The average Bonchev–Trinajstić information content (AvgIpc) is 3.32. The number of piperazine rings is 1. The first kappa shape index (κ1) is 22.9. The van der Waals surface area contributed by atoms with Crippen molar-refractivity contribution >= 4 is 21.7 Å². The minimum absolute atomic E-state index is 0.166. The van der Waals surface area contributed by atoms with Gasteiger partial charge in [0.05, 0.1) is 22.6 Å². The zero-order valence-electron chi connectivity index (χ0n) is 18.1. The van der Waals surface area contributed by atoms with Crippen molar-refractivity contribution in [2.45, 2.75) is 51.6 Å². The molecule has 0 aliphatic carbocycles. The maximum atomic E-state index is 13.1. The fourth-order valence-electron chi connectivity index (χ4n) is 3.74. The Labute approximate surface area is 180 Å². The molecular formula is C18H27N7O5S. The Morgan fingerprint density at radius 3 is 2.32 bits per heavy atom. The number of amides is 1. The largest absolute Gasteiger partial charge is 0.390 e. The number of aromatic nitrogens is 4. The van der Waals surface area contributed by atoms with E-state index in [1.165, 1.54) is 21.3 Å². The van der Waals surface area contributed by atoms with E-state index in [1.807, 2.05) is 13.8 Å². The van der Waals surface area contributed by atoms with E-state index in [0.717, 1.165) is 0 Å². The molecule has 2 aromatic rings. The maximum Gasteiger partial charge on any atom is 0.390 e. The smallest absolute Gasteiger partial charge is 0.358 e. The minimum atomic E-state index is -3.70. The molecule has 0 spiro atoms. The van der Waals surface area contributed by atoms with Gasteiger partial charge in [0.15, 0.2) is 6.04 Å². The Balaban J connectivity index is 1.73. The Morgan fingerprint density at radius 1 is 1.19 bits per heavy atom. The molecule has 0 N–H and O–H groups in total. The van der Waals surface area contributed by atoms with Crippen molar-refractivity contribution < 1.29 is 18.1 Å². The predicted molar refractivity (Wildman–Crippen MR) is 111 cm³/mol. The Bertz CT molecular complexity index is 1080. The van der Waals surface area contributed by atoms with Crippen molar-refractivity contribution in [2.24, 2.45) is 0 Å². The van der Waals surface area contributed by atoms with Gasteiger partial charge in [-0.1, -0.05) is 6.92 Å². The van der Waals surface area contributed by atoms with Gasteiger partial charge in [-0.15, -0.1) is 0 Å². The van der Waals surface area contributed by atoms with E-state index >= 15 is 0 Å². The van der Waals surface area contributed by atoms with Gasteiger partial charge in [-0.05, 0) is 32.1 Å². The lowest BCUT2D eigenvalue weighted by atomic mass is 10.1. The summed E-state index contributed by atoms with van der Waals surface area (Å²) in [6, 6.07) is 0.654. The predicted octanol–water partition coefficient (Wildman–Crippen LogP) is 1.11. The summed E-state index contributed by atoms with van der Waals surface area (Å²) >= 11 is 0. The molecule has 12 nitrogen and oxygen atoms in total. The number of carbonyl (C=O) groups is 1. The molecule has 1 aliphatic heterocycles. The standard InChI is InChI=1S/C18H27N7O5S/c1-5-15(24-13(3)11-17(20-24)25(27)28)18(26)21-7-9-23(10-8-21)31(29,30)16-12-22(6-2)19-14(16)4/h11-12,15H,5-10H2,1-4H3. The van der Waals surface area contributed by atoms with Crippen molar-refractivity contribution in [3.05, 3.63) is 33.8 Å². The Kier molecular flexibility index (Phi) is 6.46. The van der Waals surface area contributed by atoms with Gasteiger partial charge in [0.2, 0.25) is 15.9 Å². The van der Waals surface area contributed by atoms with Gasteiger partial charge in [0.1, 0.15) is 4.90 Å². The van der Waals surface area contributed by atoms with Crippen LogP contribution in [0.1, 0.15) is 37.7 Å². The van der Waals surface area contributed by atoms with Crippen molar-refractivity contribution in [3.63, 3.8) is 0 Å². The van der Waals surface area contributed by atoms with E-state index in [1.54, 1.807) is 23.4 Å². The van der Waals surface area contributed by atoms with Gasteiger partial charge in [-0.2, -0.15) is 14.1 Å². The molecule has 13 heteroatoms. The van der Waals surface area contributed by atoms with Crippen molar-refractivity contribution in [1.29, 1.82) is 0 Å². The number of sulfonamides is 1. The Hall–Kier alpha value is -2.80. The first-order valence-corrected chi connectivity index (χ1v) is 11.6. The number of hydrogen-bond donors (Lipinski definition) is 0. The van der Waals surface area contributed by atoms with Crippen LogP contribution in [0.5, 0.6) is 0 Å². The van der Waals surface area contributed by atoms with E-state index in [-0.39, 0.29) is 42.8 Å². The molecule has 3 rings (SSSR count). The molecule has 1 saturated heterocycles. The highest BCUT2D eigenvalue weighted by Gasteiger charge is 2.36. The number of carbonyl (C=O) groups excluding carboxylic acids is 1. The number of hydrogen-bond acceptors (Lipinski definition) is 7. The van der Waals surface area contributed by atoms with Crippen LogP contribution >= 0.6 is 0 Å². The van der Waals surface area contributed by atoms with Gasteiger partial charge in [-0.3, -0.25) is 9.48 Å². The molecule has 1 fully saturated rings. The molecule has 3 heterocycles. The summed E-state index contributed by atoms with van der Waals surface area (Å²) < 4.78 is 30.4. The summed E-state index contributed by atoms with van der Waals surface area (Å²) in [5.41, 5.74) is 0.971. The van der Waals surface area contributed by atoms with E-state index in [2.05, 4.69) is 10.2 Å².